The van der Waals surface area contributed by atoms with Gasteiger partial charge in [0.2, 0.25) is 0 Å². The maximum absolute atomic E-state index is 12.1. The zero-order valence-corrected chi connectivity index (χ0v) is 11.3. The van der Waals surface area contributed by atoms with Crippen molar-refractivity contribution in [2.45, 2.75) is 38.1 Å². The maximum Gasteiger partial charge on any atom is 0.328 e. The van der Waals surface area contributed by atoms with E-state index in [0.29, 0.717) is 11.6 Å². The second-order valence-electron chi connectivity index (χ2n) is 5.10. The fourth-order valence-electron chi connectivity index (χ4n) is 2.43. The van der Waals surface area contributed by atoms with E-state index in [1.54, 1.807) is 24.3 Å². The smallest absolute Gasteiger partial charge is 0.328 e. The lowest BCUT2D eigenvalue weighted by Gasteiger charge is -2.22. The summed E-state index contributed by atoms with van der Waals surface area (Å²) >= 11 is 0. The van der Waals surface area contributed by atoms with E-state index in [4.69, 9.17) is 5.11 Å². The molecule has 1 aliphatic rings. The lowest BCUT2D eigenvalue weighted by molar-refractivity contribution is -0.131. The highest BCUT2D eigenvalue weighted by Crippen LogP contribution is 2.18. The third kappa shape index (κ3) is 4.23. The van der Waals surface area contributed by atoms with Crippen LogP contribution in [0.1, 0.15) is 48.0 Å². The number of rotatable bonds is 4. The van der Waals surface area contributed by atoms with E-state index in [1.165, 1.54) is 25.3 Å². The Hall–Kier alpha value is -2.10. The van der Waals surface area contributed by atoms with Gasteiger partial charge in [-0.1, -0.05) is 31.4 Å². The lowest BCUT2D eigenvalue weighted by atomic mass is 9.95. The molecular formula is C16H19NO3. The van der Waals surface area contributed by atoms with E-state index in [0.717, 1.165) is 24.5 Å². The summed E-state index contributed by atoms with van der Waals surface area (Å²) in [5.74, 6) is -1.03. The molecule has 4 heteroatoms. The van der Waals surface area contributed by atoms with Crippen LogP contribution in [0.5, 0.6) is 0 Å². The Morgan fingerprint density at radius 2 is 1.75 bits per heavy atom. The van der Waals surface area contributed by atoms with Gasteiger partial charge in [0.15, 0.2) is 0 Å². The highest BCUT2D eigenvalue weighted by atomic mass is 16.4. The van der Waals surface area contributed by atoms with Gasteiger partial charge >= 0.3 is 5.97 Å². The first-order valence-corrected chi connectivity index (χ1v) is 6.97. The molecule has 0 atom stereocenters. The molecule has 1 fully saturated rings. The number of aliphatic carboxylic acids is 1. The molecule has 0 aromatic heterocycles. The molecule has 2 rings (SSSR count). The molecule has 0 radical (unpaired) electrons. The summed E-state index contributed by atoms with van der Waals surface area (Å²) in [6, 6.07) is 7.23. The average molecular weight is 273 g/mol. The number of carbonyl (C=O) groups excluding carboxylic acids is 1. The molecule has 1 aliphatic carbocycles. The summed E-state index contributed by atoms with van der Waals surface area (Å²) in [5.41, 5.74) is 1.38. The predicted molar refractivity (Wildman–Crippen MR) is 77.5 cm³/mol. The molecule has 0 saturated heterocycles. The molecule has 0 heterocycles. The molecule has 0 spiro atoms. The van der Waals surface area contributed by atoms with Gasteiger partial charge in [0.25, 0.3) is 5.91 Å². The van der Waals surface area contributed by atoms with Gasteiger partial charge in [0.1, 0.15) is 0 Å². The monoisotopic (exact) mass is 273 g/mol. The minimum absolute atomic E-state index is 0.0503. The van der Waals surface area contributed by atoms with Crippen LogP contribution < -0.4 is 5.32 Å². The number of benzene rings is 1. The second-order valence-corrected chi connectivity index (χ2v) is 5.10. The van der Waals surface area contributed by atoms with E-state index in [9.17, 15) is 9.59 Å². The fourth-order valence-corrected chi connectivity index (χ4v) is 2.43. The van der Waals surface area contributed by atoms with E-state index < -0.39 is 5.97 Å². The van der Waals surface area contributed by atoms with Gasteiger partial charge in [0, 0.05) is 17.7 Å². The first-order valence-electron chi connectivity index (χ1n) is 6.97. The van der Waals surface area contributed by atoms with Gasteiger partial charge in [0.05, 0.1) is 0 Å². The van der Waals surface area contributed by atoms with Crippen molar-refractivity contribution in [3.05, 3.63) is 41.5 Å². The van der Waals surface area contributed by atoms with Crippen molar-refractivity contribution in [2.24, 2.45) is 0 Å². The number of hydrogen-bond donors (Lipinski definition) is 2. The summed E-state index contributed by atoms with van der Waals surface area (Å²) in [6.07, 6.45) is 8.34. The molecule has 2 N–H and O–H groups in total. The van der Waals surface area contributed by atoms with Crippen molar-refractivity contribution < 1.29 is 14.7 Å². The van der Waals surface area contributed by atoms with Crippen molar-refractivity contribution in [3.8, 4) is 0 Å². The standard InChI is InChI=1S/C16H19NO3/c18-15(19)11-8-12-6-9-13(10-7-12)16(20)17-14-4-2-1-3-5-14/h6-11,14H,1-5H2,(H,17,20)(H,18,19)/b11-8+. The van der Waals surface area contributed by atoms with Gasteiger partial charge in [-0.15, -0.1) is 0 Å². The van der Waals surface area contributed by atoms with Gasteiger partial charge in [-0.3, -0.25) is 4.79 Å². The number of hydrogen-bond acceptors (Lipinski definition) is 2. The number of carboxylic acid groups (broad SMARTS) is 1. The second kappa shape index (κ2) is 6.89. The predicted octanol–water partition coefficient (Wildman–Crippen LogP) is 2.85. The normalized spacial score (nSPS) is 16.2. The Balaban J connectivity index is 1.94. The number of carbonyl (C=O) groups is 2. The van der Waals surface area contributed by atoms with Crippen LogP contribution in [0.4, 0.5) is 0 Å². The molecule has 0 aliphatic heterocycles. The zero-order chi connectivity index (χ0) is 14.4. The quantitative estimate of drug-likeness (QED) is 0.829. The summed E-state index contributed by atoms with van der Waals surface area (Å²) in [4.78, 5) is 22.5. The van der Waals surface area contributed by atoms with Crippen molar-refractivity contribution >= 4 is 18.0 Å². The molecule has 1 aromatic carbocycles. The SMILES string of the molecule is O=C(O)/C=C/c1ccc(C(=O)NC2CCCCC2)cc1. The van der Waals surface area contributed by atoms with Crippen molar-refractivity contribution in [1.29, 1.82) is 0 Å². The minimum Gasteiger partial charge on any atom is -0.478 e. The van der Waals surface area contributed by atoms with Crippen LogP contribution in [-0.2, 0) is 4.79 Å². The third-order valence-corrected chi connectivity index (χ3v) is 3.53. The minimum atomic E-state index is -0.982. The molecule has 0 bridgehead atoms. The van der Waals surface area contributed by atoms with E-state index in [1.807, 2.05) is 0 Å². The van der Waals surface area contributed by atoms with Crippen LogP contribution in [0, 0.1) is 0 Å². The third-order valence-electron chi connectivity index (χ3n) is 3.53. The lowest BCUT2D eigenvalue weighted by Crippen LogP contribution is -2.36. The molecule has 20 heavy (non-hydrogen) atoms. The van der Waals surface area contributed by atoms with Crippen molar-refractivity contribution in [2.75, 3.05) is 0 Å². The Kier molecular flexibility index (Phi) is 4.93. The van der Waals surface area contributed by atoms with Crippen LogP contribution in [0.25, 0.3) is 6.08 Å². The number of carboxylic acids is 1. The summed E-state index contributed by atoms with van der Waals surface area (Å²) in [7, 11) is 0. The Labute approximate surface area is 118 Å². The summed E-state index contributed by atoms with van der Waals surface area (Å²) in [6.45, 7) is 0. The van der Waals surface area contributed by atoms with Crippen LogP contribution in [0.3, 0.4) is 0 Å². The summed E-state index contributed by atoms with van der Waals surface area (Å²) in [5, 5.41) is 11.6. The molecular weight excluding hydrogens is 254 g/mol. The van der Waals surface area contributed by atoms with Crippen molar-refractivity contribution in [3.63, 3.8) is 0 Å². The summed E-state index contributed by atoms with van der Waals surface area (Å²) < 4.78 is 0. The Morgan fingerprint density at radius 3 is 2.35 bits per heavy atom. The molecule has 4 nitrogen and oxygen atoms in total. The van der Waals surface area contributed by atoms with Crippen molar-refractivity contribution in [1.82, 2.24) is 5.32 Å². The van der Waals surface area contributed by atoms with Gasteiger partial charge in [-0.25, -0.2) is 4.79 Å². The van der Waals surface area contributed by atoms with E-state index in [2.05, 4.69) is 5.32 Å². The maximum atomic E-state index is 12.1. The highest BCUT2D eigenvalue weighted by molar-refractivity contribution is 5.94. The Bertz CT molecular complexity index is 499. The molecule has 1 saturated carbocycles. The largest absolute Gasteiger partial charge is 0.478 e. The molecule has 1 amide bonds. The van der Waals surface area contributed by atoms with Crippen LogP contribution in [0.2, 0.25) is 0 Å². The first-order chi connectivity index (χ1) is 9.65. The zero-order valence-electron chi connectivity index (χ0n) is 11.3. The number of nitrogens with one attached hydrogen (secondary N) is 1. The van der Waals surface area contributed by atoms with Crippen LogP contribution >= 0.6 is 0 Å². The van der Waals surface area contributed by atoms with Crippen LogP contribution in [-0.4, -0.2) is 23.0 Å². The van der Waals surface area contributed by atoms with Crippen LogP contribution in [0.15, 0.2) is 30.3 Å². The highest BCUT2D eigenvalue weighted by Gasteiger charge is 2.16. The van der Waals surface area contributed by atoms with Gasteiger partial charge in [-0.05, 0) is 36.6 Å². The molecule has 1 aromatic rings. The fraction of sp³-hybridized carbons (Fsp3) is 0.375. The average Bonchev–Trinajstić information content (AvgIpc) is 2.46. The van der Waals surface area contributed by atoms with Gasteiger partial charge < -0.3 is 10.4 Å². The number of amides is 1. The first kappa shape index (κ1) is 14.3. The molecule has 106 valence electrons. The molecule has 0 unspecified atom stereocenters. The Morgan fingerprint density at radius 1 is 1.10 bits per heavy atom. The van der Waals surface area contributed by atoms with E-state index >= 15 is 0 Å². The van der Waals surface area contributed by atoms with Gasteiger partial charge in [-0.2, -0.15) is 0 Å². The van der Waals surface area contributed by atoms with E-state index in [-0.39, 0.29) is 5.91 Å². The topological polar surface area (TPSA) is 66.4 Å².